The Hall–Kier alpha value is -2.34. The van der Waals surface area contributed by atoms with Crippen LogP contribution in [-0.4, -0.2) is 42.0 Å². The maximum atomic E-state index is 12.9. The number of aromatic nitrogens is 1. The molecule has 1 aromatic heterocycles. The van der Waals surface area contributed by atoms with Crippen LogP contribution in [0.15, 0.2) is 34.9 Å². The summed E-state index contributed by atoms with van der Waals surface area (Å²) in [5.41, 5.74) is 1.72. The summed E-state index contributed by atoms with van der Waals surface area (Å²) in [6.07, 6.45) is 5.00. The fraction of sp³-hybridized carbons (Fsp3) is 0.500. The van der Waals surface area contributed by atoms with Gasteiger partial charge in [-0.1, -0.05) is 31.9 Å². The van der Waals surface area contributed by atoms with Crippen LogP contribution in [0.25, 0.3) is 0 Å². The third kappa shape index (κ3) is 4.07. The molecule has 1 saturated heterocycles. The number of hydrogen-bond acceptors (Lipinski definition) is 5. The fourth-order valence-electron chi connectivity index (χ4n) is 3.49. The summed E-state index contributed by atoms with van der Waals surface area (Å²) in [6, 6.07) is 7.99. The molecule has 2 heterocycles. The summed E-state index contributed by atoms with van der Waals surface area (Å²) in [4.78, 5) is 21.4. The smallest absolute Gasteiger partial charge is 0.241 e. The predicted molar refractivity (Wildman–Crippen MR) is 100 cm³/mol. The molecule has 6 heteroatoms. The van der Waals surface area contributed by atoms with Gasteiger partial charge < -0.3 is 14.1 Å². The van der Waals surface area contributed by atoms with Gasteiger partial charge in [0.15, 0.2) is 5.89 Å². The van der Waals surface area contributed by atoms with E-state index in [9.17, 15) is 4.79 Å². The molecule has 6 nitrogen and oxygen atoms in total. The summed E-state index contributed by atoms with van der Waals surface area (Å²) in [7, 11) is 1.64. The van der Waals surface area contributed by atoms with Crippen LogP contribution in [0.3, 0.4) is 0 Å². The second-order valence-corrected chi connectivity index (χ2v) is 6.74. The van der Waals surface area contributed by atoms with Gasteiger partial charge in [-0.05, 0) is 18.6 Å². The first kappa shape index (κ1) is 18.5. The monoisotopic (exact) mass is 357 g/mol. The van der Waals surface area contributed by atoms with Crippen LogP contribution in [-0.2, 0) is 11.3 Å². The first-order chi connectivity index (χ1) is 12.6. The molecule has 1 unspecified atom stereocenters. The lowest BCUT2D eigenvalue weighted by atomic mass is 10.0. The van der Waals surface area contributed by atoms with Crippen LogP contribution in [0.2, 0.25) is 0 Å². The highest BCUT2D eigenvalue weighted by Crippen LogP contribution is 2.31. The van der Waals surface area contributed by atoms with Gasteiger partial charge >= 0.3 is 0 Å². The Kier molecular flexibility index (Phi) is 5.93. The van der Waals surface area contributed by atoms with Crippen molar-refractivity contribution in [2.45, 2.75) is 45.7 Å². The molecule has 0 aliphatic carbocycles. The number of ether oxygens (including phenoxy) is 1. The number of unbranched alkanes of at least 4 members (excludes halogenated alkanes) is 1. The van der Waals surface area contributed by atoms with Crippen molar-refractivity contribution < 1.29 is 13.9 Å². The highest BCUT2D eigenvalue weighted by atomic mass is 16.5. The van der Waals surface area contributed by atoms with Crippen molar-refractivity contribution >= 4 is 11.6 Å². The largest absolute Gasteiger partial charge is 0.495 e. The summed E-state index contributed by atoms with van der Waals surface area (Å²) in [5, 5.41) is 0. The lowest BCUT2D eigenvalue weighted by Gasteiger charge is -2.41. The Balaban J connectivity index is 1.80. The molecular formula is C20H27N3O3. The van der Waals surface area contributed by atoms with Crippen LogP contribution in [0.4, 0.5) is 5.69 Å². The van der Waals surface area contributed by atoms with E-state index in [-0.39, 0.29) is 11.9 Å². The standard InChI is InChI=1S/C20H27N3O3/c1-4-5-8-17-12-23(18-9-6-7-10-19(18)25-3)20(24)13-22(17)11-16-14-26-15(2)21-16/h6-7,9-10,14,17H,4-5,8,11-13H2,1-3H3. The number of oxazole rings is 1. The first-order valence-corrected chi connectivity index (χ1v) is 9.20. The number of para-hydroxylation sites is 2. The molecule has 1 amide bonds. The number of anilines is 1. The first-order valence-electron chi connectivity index (χ1n) is 9.20. The number of hydrogen-bond donors (Lipinski definition) is 0. The number of amides is 1. The summed E-state index contributed by atoms with van der Waals surface area (Å²) in [5.74, 6) is 1.47. The van der Waals surface area contributed by atoms with Crippen LogP contribution >= 0.6 is 0 Å². The van der Waals surface area contributed by atoms with E-state index in [0.29, 0.717) is 25.5 Å². The summed E-state index contributed by atoms with van der Waals surface area (Å²) < 4.78 is 10.8. The molecule has 1 atom stereocenters. The second-order valence-electron chi connectivity index (χ2n) is 6.74. The molecule has 1 aromatic carbocycles. The third-order valence-electron chi connectivity index (χ3n) is 4.85. The van der Waals surface area contributed by atoms with Crippen molar-refractivity contribution in [2.24, 2.45) is 0 Å². The van der Waals surface area contributed by atoms with Crippen molar-refractivity contribution in [3.05, 3.63) is 42.1 Å². The number of aryl methyl sites for hydroxylation is 1. The molecule has 0 radical (unpaired) electrons. The molecule has 140 valence electrons. The van der Waals surface area contributed by atoms with Crippen LogP contribution < -0.4 is 9.64 Å². The minimum absolute atomic E-state index is 0.0856. The number of piperazine rings is 1. The number of benzene rings is 1. The SMILES string of the molecule is CCCCC1CN(c2ccccc2OC)C(=O)CN1Cc1coc(C)n1. The minimum Gasteiger partial charge on any atom is -0.495 e. The van der Waals surface area contributed by atoms with E-state index >= 15 is 0 Å². The van der Waals surface area contributed by atoms with Crippen molar-refractivity contribution in [1.82, 2.24) is 9.88 Å². The van der Waals surface area contributed by atoms with Gasteiger partial charge in [0.25, 0.3) is 0 Å². The molecule has 0 bridgehead atoms. The van der Waals surface area contributed by atoms with E-state index in [0.717, 1.165) is 36.4 Å². The number of methoxy groups -OCH3 is 1. The van der Waals surface area contributed by atoms with Gasteiger partial charge in [0.1, 0.15) is 12.0 Å². The van der Waals surface area contributed by atoms with Gasteiger partial charge in [-0.2, -0.15) is 0 Å². The molecule has 0 saturated carbocycles. The Morgan fingerprint density at radius 2 is 2.15 bits per heavy atom. The maximum absolute atomic E-state index is 12.9. The van der Waals surface area contributed by atoms with E-state index in [1.54, 1.807) is 13.4 Å². The van der Waals surface area contributed by atoms with Crippen LogP contribution in [0.5, 0.6) is 5.75 Å². The van der Waals surface area contributed by atoms with Crippen molar-refractivity contribution in [3.63, 3.8) is 0 Å². The van der Waals surface area contributed by atoms with E-state index in [4.69, 9.17) is 9.15 Å². The maximum Gasteiger partial charge on any atom is 0.241 e. The molecule has 1 fully saturated rings. The Bertz CT molecular complexity index is 743. The van der Waals surface area contributed by atoms with E-state index in [2.05, 4.69) is 16.8 Å². The summed E-state index contributed by atoms with van der Waals surface area (Å²) in [6.45, 7) is 5.70. The zero-order valence-corrected chi connectivity index (χ0v) is 15.8. The Morgan fingerprint density at radius 3 is 2.85 bits per heavy atom. The minimum atomic E-state index is 0.0856. The Labute approximate surface area is 154 Å². The fourth-order valence-corrected chi connectivity index (χ4v) is 3.49. The number of rotatable bonds is 7. The zero-order valence-electron chi connectivity index (χ0n) is 15.8. The van der Waals surface area contributed by atoms with Gasteiger partial charge in [0.2, 0.25) is 5.91 Å². The average molecular weight is 357 g/mol. The normalized spacial score (nSPS) is 18.3. The van der Waals surface area contributed by atoms with E-state index < -0.39 is 0 Å². The predicted octanol–water partition coefficient (Wildman–Crippen LogP) is 3.40. The molecule has 1 aliphatic heterocycles. The molecule has 3 rings (SSSR count). The zero-order chi connectivity index (χ0) is 18.5. The van der Waals surface area contributed by atoms with Gasteiger partial charge in [-0.25, -0.2) is 4.98 Å². The van der Waals surface area contributed by atoms with Gasteiger partial charge in [-0.3, -0.25) is 9.69 Å². The third-order valence-corrected chi connectivity index (χ3v) is 4.85. The highest BCUT2D eigenvalue weighted by molar-refractivity contribution is 5.97. The van der Waals surface area contributed by atoms with E-state index in [1.807, 2.05) is 36.1 Å². The van der Waals surface area contributed by atoms with Crippen LogP contribution in [0.1, 0.15) is 37.8 Å². The molecule has 26 heavy (non-hydrogen) atoms. The van der Waals surface area contributed by atoms with Crippen molar-refractivity contribution in [2.75, 3.05) is 25.1 Å². The van der Waals surface area contributed by atoms with Gasteiger partial charge in [0, 0.05) is 26.1 Å². The van der Waals surface area contributed by atoms with E-state index in [1.165, 1.54) is 0 Å². The molecule has 0 N–H and O–H groups in total. The van der Waals surface area contributed by atoms with Crippen molar-refractivity contribution in [3.8, 4) is 5.75 Å². The highest BCUT2D eigenvalue weighted by Gasteiger charge is 2.34. The quantitative estimate of drug-likeness (QED) is 0.760. The lowest BCUT2D eigenvalue weighted by Crippen LogP contribution is -2.56. The average Bonchev–Trinajstić information content (AvgIpc) is 3.06. The van der Waals surface area contributed by atoms with Crippen LogP contribution in [0, 0.1) is 6.92 Å². The number of nitrogens with zero attached hydrogens (tertiary/aromatic N) is 3. The van der Waals surface area contributed by atoms with Gasteiger partial charge in [0.05, 0.1) is 25.0 Å². The molecule has 1 aliphatic rings. The van der Waals surface area contributed by atoms with Crippen molar-refractivity contribution in [1.29, 1.82) is 0 Å². The Morgan fingerprint density at radius 1 is 1.35 bits per heavy atom. The molecule has 2 aromatic rings. The second kappa shape index (κ2) is 8.36. The summed E-state index contributed by atoms with van der Waals surface area (Å²) >= 11 is 0. The number of carbonyl (C=O) groups excluding carboxylic acids is 1. The lowest BCUT2D eigenvalue weighted by molar-refractivity contribution is -0.122. The number of carbonyl (C=O) groups is 1. The topological polar surface area (TPSA) is 58.8 Å². The molecule has 0 spiro atoms. The molecular weight excluding hydrogens is 330 g/mol. The van der Waals surface area contributed by atoms with Gasteiger partial charge in [-0.15, -0.1) is 0 Å².